The van der Waals surface area contributed by atoms with E-state index in [-0.39, 0.29) is 12.2 Å². The molecular weight excluding hydrogens is 118 g/mol. The summed E-state index contributed by atoms with van der Waals surface area (Å²) in [6.45, 7) is 0. The topological polar surface area (TPSA) is 80.0 Å². The van der Waals surface area contributed by atoms with Crippen LogP contribution in [0.2, 0.25) is 0 Å². The molecule has 50 valence electrons. The average molecular weight is 127 g/mol. The fourth-order valence-corrected chi connectivity index (χ4v) is 0.478. The summed E-state index contributed by atoms with van der Waals surface area (Å²) in [7, 11) is 1.78. The van der Waals surface area contributed by atoms with E-state index in [4.69, 9.17) is 11.5 Å². The molecule has 0 bridgehead atoms. The molecule has 0 saturated carbocycles. The molecule has 0 aromatic heterocycles. The van der Waals surface area contributed by atoms with E-state index in [9.17, 15) is 0 Å². The highest BCUT2D eigenvalue weighted by molar-refractivity contribution is 5.87. The third kappa shape index (κ3) is 1.17. The zero-order chi connectivity index (χ0) is 6.85. The molecule has 1 heterocycles. The summed E-state index contributed by atoms with van der Waals surface area (Å²) < 4.78 is 0. The Morgan fingerprint density at radius 2 is 2.44 bits per heavy atom. The van der Waals surface area contributed by atoms with Crippen LogP contribution in [0.5, 0.6) is 0 Å². The maximum atomic E-state index is 5.44. The van der Waals surface area contributed by atoms with E-state index in [2.05, 4.69) is 9.98 Å². The summed E-state index contributed by atoms with van der Waals surface area (Å²) >= 11 is 0. The minimum absolute atomic E-state index is 0.237. The summed E-state index contributed by atoms with van der Waals surface area (Å²) in [4.78, 5) is 9.14. The molecule has 5 nitrogen and oxygen atoms in total. The van der Waals surface area contributed by atoms with E-state index in [1.807, 2.05) is 0 Å². The number of nitrogens with zero attached hydrogens (tertiary/aromatic N) is 3. The largest absolute Gasteiger partial charge is 0.368 e. The minimum Gasteiger partial charge on any atom is -0.368 e. The fourth-order valence-electron chi connectivity index (χ4n) is 0.478. The lowest BCUT2D eigenvalue weighted by Crippen LogP contribution is -2.41. The first-order chi connectivity index (χ1) is 4.20. The average Bonchev–Trinajstić information content (AvgIpc) is 1.80. The van der Waals surface area contributed by atoms with Gasteiger partial charge in [-0.2, -0.15) is 0 Å². The van der Waals surface area contributed by atoms with Gasteiger partial charge in [0.25, 0.3) is 0 Å². The predicted molar refractivity (Wildman–Crippen MR) is 35.9 cm³/mol. The Bertz CT molecular complexity index is 160. The van der Waals surface area contributed by atoms with Gasteiger partial charge < -0.3 is 10.6 Å². The van der Waals surface area contributed by atoms with Gasteiger partial charge in [-0.1, -0.05) is 0 Å². The van der Waals surface area contributed by atoms with E-state index in [0.717, 1.165) is 0 Å². The molecule has 1 rings (SSSR count). The van der Waals surface area contributed by atoms with E-state index >= 15 is 0 Å². The molecule has 0 saturated heterocycles. The summed E-state index contributed by atoms with van der Waals surface area (Å²) in [5.41, 5.74) is 10.7. The molecule has 0 fully saturated rings. The SMILES string of the molecule is CN1C=NC(N)=NC1N. The lowest BCUT2D eigenvalue weighted by molar-refractivity contribution is 0.391. The highest BCUT2D eigenvalue weighted by atomic mass is 15.4. The van der Waals surface area contributed by atoms with Gasteiger partial charge in [0, 0.05) is 7.05 Å². The first-order valence-corrected chi connectivity index (χ1v) is 2.55. The van der Waals surface area contributed by atoms with Crippen LogP contribution in [0.1, 0.15) is 0 Å². The zero-order valence-corrected chi connectivity index (χ0v) is 5.15. The molecule has 0 radical (unpaired) electrons. The predicted octanol–water partition coefficient (Wildman–Crippen LogP) is -1.48. The number of rotatable bonds is 0. The van der Waals surface area contributed by atoms with Crippen LogP contribution < -0.4 is 11.5 Å². The summed E-state index contributed by atoms with van der Waals surface area (Å²) in [6.07, 6.45) is 1.18. The number of guanidine groups is 1. The van der Waals surface area contributed by atoms with Gasteiger partial charge in [-0.3, -0.25) is 5.73 Å². The van der Waals surface area contributed by atoms with Crippen LogP contribution in [0.25, 0.3) is 0 Å². The van der Waals surface area contributed by atoms with Gasteiger partial charge in [-0.05, 0) is 0 Å². The van der Waals surface area contributed by atoms with Crippen molar-refractivity contribution in [2.45, 2.75) is 6.29 Å². The summed E-state index contributed by atoms with van der Waals surface area (Å²) in [5.74, 6) is 0.237. The number of nitrogens with two attached hydrogens (primary N) is 2. The third-order valence-corrected chi connectivity index (χ3v) is 1.05. The molecular formula is C4H9N5. The van der Waals surface area contributed by atoms with E-state index in [1.54, 1.807) is 18.3 Å². The maximum absolute atomic E-state index is 5.44. The zero-order valence-electron chi connectivity index (χ0n) is 5.15. The Hall–Kier alpha value is -1.10. The molecule has 0 aromatic carbocycles. The minimum atomic E-state index is -0.373. The van der Waals surface area contributed by atoms with Crippen molar-refractivity contribution in [2.75, 3.05) is 7.05 Å². The molecule has 1 atom stereocenters. The van der Waals surface area contributed by atoms with Crippen molar-refractivity contribution < 1.29 is 0 Å². The summed E-state index contributed by atoms with van der Waals surface area (Å²) in [6, 6.07) is 0. The second-order valence-electron chi connectivity index (χ2n) is 1.81. The van der Waals surface area contributed by atoms with Crippen LogP contribution in [-0.4, -0.2) is 30.5 Å². The first-order valence-electron chi connectivity index (χ1n) is 2.55. The Morgan fingerprint density at radius 1 is 1.78 bits per heavy atom. The number of hydrogen-bond donors (Lipinski definition) is 2. The number of aliphatic imine (C=N–C) groups is 2. The molecule has 0 aliphatic carbocycles. The van der Waals surface area contributed by atoms with Crippen molar-refractivity contribution in [3.63, 3.8) is 0 Å². The molecule has 4 N–H and O–H groups in total. The lowest BCUT2D eigenvalue weighted by atomic mass is 10.7. The fraction of sp³-hybridized carbons (Fsp3) is 0.500. The molecule has 9 heavy (non-hydrogen) atoms. The van der Waals surface area contributed by atoms with E-state index < -0.39 is 0 Å². The quantitative estimate of drug-likeness (QED) is 0.416. The van der Waals surface area contributed by atoms with Gasteiger partial charge in [0.05, 0.1) is 6.34 Å². The van der Waals surface area contributed by atoms with Gasteiger partial charge >= 0.3 is 0 Å². The van der Waals surface area contributed by atoms with Gasteiger partial charge in [0.1, 0.15) is 0 Å². The van der Waals surface area contributed by atoms with Gasteiger partial charge in [-0.25, -0.2) is 9.98 Å². The van der Waals surface area contributed by atoms with Crippen molar-refractivity contribution in [1.82, 2.24) is 4.90 Å². The molecule has 0 spiro atoms. The molecule has 1 aliphatic heterocycles. The monoisotopic (exact) mass is 127 g/mol. The van der Waals surface area contributed by atoms with Crippen molar-refractivity contribution in [3.8, 4) is 0 Å². The standard InChI is InChI=1S/C4H9N5/c1-9-2-7-3(5)8-4(9)6/h2,4H,6H2,1H3,(H2,5,8). The molecule has 0 aromatic rings. The van der Waals surface area contributed by atoms with Crippen molar-refractivity contribution in [3.05, 3.63) is 0 Å². The first kappa shape index (κ1) is 6.03. The normalized spacial score (nSPS) is 26.2. The third-order valence-electron chi connectivity index (χ3n) is 1.05. The Morgan fingerprint density at radius 3 is 2.89 bits per heavy atom. The van der Waals surface area contributed by atoms with Crippen molar-refractivity contribution in [1.29, 1.82) is 0 Å². The highest BCUT2D eigenvalue weighted by Gasteiger charge is 2.07. The van der Waals surface area contributed by atoms with Crippen LogP contribution >= 0.6 is 0 Å². The summed E-state index contributed by atoms with van der Waals surface area (Å²) in [5, 5.41) is 0. The molecule has 0 amide bonds. The molecule has 1 aliphatic rings. The van der Waals surface area contributed by atoms with Crippen LogP contribution in [0, 0.1) is 0 Å². The number of hydrogen-bond acceptors (Lipinski definition) is 5. The van der Waals surface area contributed by atoms with Crippen LogP contribution in [0.4, 0.5) is 0 Å². The van der Waals surface area contributed by atoms with Crippen LogP contribution in [0.3, 0.4) is 0 Å². The molecule has 1 unspecified atom stereocenters. The van der Waals surface area contributed by atoms with Gasteiger partial charge in [-0.15, -0.1) is 0 Å². The maximum Gasteiger partial charge on any atom is 0.219 e. The van der Waals surface area contributed by atoms with Gasteiger partial charge in [0.2, 0.25) is 5.96 Å². The Kier molecular flexibility index (Phi) is 1.35. The van der Waals surface area contributed by atoms with E-state index in [1.165, 1.54) is 0 Å². The Balaban J connectivity index is 2.70. The van der Waals surface area contributed by atoms with Crippen molar-refractivity contribution in [2.24, 2.45) is 21.5 Å². The smallest absolute Gasteiger partial charge is 0.219 e. The molecule has 5 heteroatoms. The second-order valence-corrected chi connectivity index (χ2v) is 1.81. The lowest BCUT2D eigenvalue weighted by Gasteiger charge is -2.20. The van der Waals surface area contributed by atoms with E-state index in [0.29, 0.717) is 0 Å². The van der Waals surface area contributed by atoms with Crippen LogP contribution in [0.15, 0.2) is 9.98 Å². The Labute approximate surface area is 53.1 Å². The van der Waals surface area contributed by atoms with Crippen molar-refractivity contribution >= 4 is 12.3 Å². The van der Waals surface area contributed by atoms with Crippen LogP contribution in [-0.2, 0) is 0 Å². The van der Waals surface area contributed by atoms with Gasteiger partial charge in [0.15, 0.2) is 6.29 Å². The second kappa shape index (κ2) is 2.02. The highest BCUT2D eigenvalue weighted by Crippen LogP contribution is 1.92.